The maximum absolute atomic E-state index is 9.39. The molecular weight excluding hydrogens is 845 g/mol. The number of anilines is 6. The second kappa shape index (κ2) is 16.1. The highest BCUT2D eigenvalue weighted by molar-refractivity contribution is 6.06. The summed E-state index contributed by atoms with van der Waals surface area (Å²) in [5.74, 6) is 0.658. The number of hydrogen-bond acceptors (Lipinski definition) is 2. The van der Waals surface area contributed by atoms with Gasteiger partial charge in [0.15, 0.2) is 0 Å². The first-order valence-corrected chi connectivity index (χ1v) is 25.6. The van der Waals surface area contributed by atoms with Crippen molar-refractivity contribution in [3.05, 3.63) is 238 Å². The van der Waals surface area contributed by atoms with Gasteiger partial charge < -0.3 is 9.80 Å². The smallest absolute Gasteiger partial charge is 0.0645 e. The third-order valence-corrected chi connectivity index (χ3v) is 16.9. The van der Waals surface area contributed by atoms with Crippen molar-refractivity contribution in [2.75, 3.05) is 9.80 Å². The van der Waals surface area contributed by atoms with Crippen LogP contribution in [0.5, 0.6) is 0 Å². The summed E-state index contributed by atoms with van der Waals surface area (Å²) in [6.07, 6.45) is 11.9. The molecule has 2 atom stereocenters. The Labute approximate surface area is 427 Å². The van der Waals surface area contributed by atoms with Gasteiger partial charge in [0.2, 0.25) is 0 Å². The van der Waals surface area contributed by atoms with E-state index >= 15 is 0 Å². The molecule has 9 aromatic carbocycles. The van der Waals surface area contributed by atoms with Crippen molar-refractivity contribution in [1.29, 1.82) is 0 Å². The maximum atomic E-state index is 9.39. The molecule has 0 heterocycles. The van der Waals surface area contributed by atoms with Crippen molar-refractivity contribution in [2.24, 2.45) is 0 Å². The molecule has 9 aromatic rings. The van der Waals surface area contributed by atoms with Crippen LogP contribution in [0.4, 0.5) is 34.1 Å². The number of rotatable bonds is 8. The van der Waals surface area contributed by atoms with Crippen molar-refractivity contribution < 1.29 is 13.7 Å². The first-order chi connectivity index (χ1) is 38.9. The summed E-state index contributed by atoms with van der Waals surface area (Å²) in [6.45, 7) is 0. The summed E-state index contributed by atoms with van der Waals surface area (Å²) in [4.78, 5) is 3.82. The fourth-order valence-electron chi connectivity index (χ4n) is 13.9. The molecule has 2 unspecified atom stereocenters. The molecule has 2 nitrogen and oxygen atoms in total. The van der Waals surface area contributed by atoms with Gasteiger partial charge in [0.1, 0.15) is 0 Å². The topological polar surface area (TPSA) is 6.48 Å². The van der Waals surface area contributed by atoms with Crippen LogP contribution in [0.25, 0.3) is 44.5 Å². The van der Waals surface area contributed by atoms with E-state index in [1.54, 1.807) is 0 Å². The fraction of sp³-hybridized carbons (Fsp3) is 0.206. The van der Waals surface area contributed by atoms with Crippen LogP contribution in [0.2, 0.25) is 0 Å². The van der Waals surface area contributed by atoms with E-state index in [1.807, 2.05) is 9.80 Å². The largest absolute Gasteiger partial charge is 0.310 e. The van der Waals surface area contributed by atoms with Gasteiger partial charge in [0.05, 0.1) is 25.1 Å². The van der Waals surface area contributed by atoms with Crippen molar-refractivity contribution in [1.82, 2.24) is 0 Å². The third kappa shape index (κ3) is 6.05. The number of hydrogen-bond donors (Lipinski definition) is 0. The number of para-hydroxylation sites is 2. The molecule has 0 saturated heterocycles. The van der Waals surface area contributed by atoms with Gasteiger partial charge >= 0.3 is 0 Å². The molecule has 0 bridgehead atoms. The molecule has 0 N–H and O–H groups in total. The normalized spacial score (nSPS) is 19.9. The Morgan fingerprint density at radius 3 is 1.16 bits per heavy atom. The summed E-state index contributed by atoms with van der Waals surface area (Å²) in [5.41, 5.74) is 21.2. The summed E-state index contributed by atoms with van der Waals surface area (Å²) in [6, 6.07) is 43.9. The standard InChI is InChI=1S/C68H56N2/c1-5-17-43(18-6-1)45-29-33-49(34-30-45)69(47-21-9-3-10-22-47)61-39-37-55-57-41-60-58(42-59(57)63-51-25-13-15-27-53(51)65(61)67(55)63)56-38-40-62(66-54-28-16-14-26-52(54)64(60)68(56)66)70(48-23-11-4-12-24-48)50-35-31-46(32-36-50)44-19-7-2-8-20-44/h3-4,9-16,21-44,63-64H,1-2,5-8,17-20H2/i3D,4D,9D,10D,11D,12D,21D,22D,23D,24D. The Kier molecular flexibility index (Phi) is 7.27. The third-order valence-electron chi connectivity index (χ3n) is 16.9. The summed E-state index contributed by atoms with van der Waals surface area (Å²) in [5, 5.41) is 0. The van der Waals surface area contributed by atoms with Crippen LogP contribution in [0.3, 0.4) is 0 Å². The molecule has 338 valence electrons. The molecule has 0 aliphatic heterocycles. The van der Waals surface area contributed by atoms with Crippen molar-refractivity contribution in [3.63, 3.8) is 0 Å². The van der Waals surface area contributed by atoms with Crippen LogP contribution in [-0.4, -0.2) is 0 Å². The molecule has 2 fully saturated rings. The minimum Gasteiger partial charge on any atom is -0.310 e. The number of nitrogens with zero attached hydrogens (tertiary/aromatic N) is 2. The highest BCUT2D eigenvalue weighted by Gasteiger charge is 2.46. The molecule has 0 aromatic heterocycles. The van der Waals surface area contributed by atoms with Crippen LogP contribution >= 0.6 is 0 Å². The van der Waals surface area contributed by atoms with E-state index in [4.69, 9.17) is 8.22 Å². The Morgan fingerprint density at radius 2 is 0.743 bits per heavy atom. The van der Waals surface area contributed by atoms with Gasteiger partial charge in [-0.05, 0) is 188 Å². The van der Waals surface area contributed by atoms with Crippen molar-refractivity contribution in [2.45, 2.75) is 87.9 Å². The second-order valence-electron chi connectivity index (χ2n) is 20.4. The van der Waals surface area contributed by atoms with Crippen LogP contribution in [0, 0.1) is 0 Å². The highest BCUT2D eigenvalue weighted by atomic mass is 15.2. The Morgan fingerprint density at radius 1 is 0.343 bits per heavy atom. The van der Waals surface area contributed by atoms with E-state index in [9.17, 15) is 5.48 Å². The monoisotopic (exact) mass is 911 g/mol. The first kappa shape index (κ1) is 31.7. The van der Waals surface area contributed by atoms with E-state index < -0.39 is 12.1 Å². The summed E-state index contributed by atoms with van der Waals surface area (Å²) >= 11 is 0. The van der Waals surface area contributed by atoms with E-state index in [0.29, 0.717) is 11.8 Å². The first-order valence-electron chi connectivity index (χ1n) is 30.6. The SMILES string of the molecule is [2H]c1c([2H])c([2H])c(N(c2ccc(C3CCCCC3)cc2)c2ccc3c4c2-c2ccccc2C4c2cc4c(cc2-3)C2c3ccccc3-c3c(N(c5ccc(C6CCCCC6)cc5)c5c([2H])c([2H])c([2H])c([2H])c5[2H])ccc-4c32)c([2H])c1[2H]. The molecule has 6 aliphatic rings. The average Bonchev–Trinajstić information content (AvgIpc) is 4.42. The quantitative estimate of drug-likeness (QED) is 0.150. The van der Waals surface area contributed by atoms with Crippen LogP contribution in [0.15, 0.2) is 194 Å². The number of fused-ring (bicyclic) bond motifs is 12. The van der Waals surface area contributed by atoms with Gasteiger partial charge in [0.25, 0.3) is 0 Å². The lowest BCUT2D eigenvalue weighted by Crippen LogP contribution is -2.12. The van der Waals surface area contributed by atoms with E-state index in [1.165, 1.54) is 60.8 Å². The van der Waals surface area contributed by atoms with Gasteiger partial charge in [0, 0.05) is 45.7 Å². The van der Waals surface area contributed by atoms with Gasteiger partial charge in [-0.25, -0.2) is 0 Å². The van der Waals surface area contributed by atoms with Crippen LogP contribution in [-0.2, 0) is 0 Å². The highest BCUT2D eigenvalue weighted by Crippen LogP contribution is 2.66. The molecule has 15 rings (SSSR count). The van der Waals surface area contributed by atoms with Gasteiger partial charge in [-0.2, -0.15) is 0 Å². The van der Waals surface area contributed by atoms with E-state index in [2.05, 4.69) is 133 Å². The predicted molar refractivity (Wildman–Crippen MR) is 291 cm³/mol. The maximum Gasteiger partial charge on any atom is 0.0645 e. The molecule has 70 heavy (non-hydrogen) atoms. The van der Waals surface area contributed by atoms with Gasteiger partial charge in [-0.3, -0.25) is 0 Å². The summed E-state index contributed by atoms with van der Waals surface area (Å²) < 4.78 is 90.2. The van der Waals surface area contributed by atoms with Gasteiger partial charge in [-0.1, -0.05) is 160 Å². The minimum absolute atomic E-state index is 0.112. The van der Waals surface area contributed by atoms with Crippen molar-refractivity contribution >= 4 is 34.1 Å². The molecule has 0 radical (unpaired) electrons. The molecular formula is C68H56N2. The zero-order valence-corrected chi connectivity index (χ0v) is 39.0. The zero-order chi connectivity index (χ0) is 54.6. The van der Waals surface area contributed by atoms with Crippen LogP contribution < -0.4 is 9.80 Å². The molecule has 0 spiro atoms. The fourth-order valence-corrected chi connectivity index (χ4v) is 13.9. The van der Waals surface area contributed by atoms with Crippen LogP contribution in [0.1, 0.15) is 146 Å². The molecule has 2 heteroatoms. The zero-order valence-electron chi connectivity index (χ0n) is 49.0. The lowest BCUT2D eigenvalue weighted by molar-refractivity contribution is 0.443. The lowest BCUT2D eigenvalue weighted by Gasteiger charge is -2.29. The summed E-state index contributed by atoms with van der Waals surface area (Å²) in [7, 11) is 0. The predicted octanol–water partition coefficient (Wildman–Crippen LogP) is 19.0. The number of benzene rings is 9. The second-order valence-corrected chi connectivity index (χ2v) is 20.4. The molecule has 0 amide bonds. The van der Waals surface area contributed by atoms with Crippen molar-refractivity contribution in [3.8, 4) is 44.5 Å². The molecule has 6 aliphatic carbocycles. The Hall–Kier alpha value is -7.42. The minimum atomic E-state index is -0.427. The van der Waals surface area contributed by atoms with E-state index in [-0.39, 0.29) is 71.5 Å². The van der Waals surface area contributed by atoms with E-state index in [0.717, 1.165) is 115 Å². The lowest BCUT2D eigenvalue weighted by atomic mass is 9.84. The Balaban J connectivity index is 0.909. The molecule has 2 saturated carbocycles. The average molecular weight is 911 g/mol. The van der Waals surface area contributed by atoms with Gasteiger partial charge in [-0.15, -0.1) is 0 Å². The Bertz CT molecular complexity index is 3800.